The van der Waals surface area contributed by atoms with E-state index in [0.717, 1.165) is 11.1 Å². The monoisotopic (exact) mass is 278 g/mol. The topological polar surface area (TPSA) is 17.1 Å². The van der Waals surface area contributed by atoms with E-state index < -0.39 is 0 Å². The van der Waals surface area contributed by atoms with Crippen LogP contribution in [0.5, 0.6) is 0 Å². The Labute approximate surface area is 127 Å². The molecule has 21 heavy (non-hydrogen) atoms. The van der Waals surface area contributed by atoms with Crippen LogP contribution in [0.2, 0.25) is 0 Å². The Bertz CT molecular complexity index is 645. The number of rotatable bonds is 4. The normalized spacial score (nSPS) is 14.8. The summed E-state index contributed by atoms with van der Waals surface area (Å²) in [5.41, 5.74) is 5.76. The van der Waals surface area contributed by atoms with Crippen LogP contribution in [0.1, 0.15) is 57.8 Å². The van der Waals surface area contributed by atoms with E-state index in [0.29, 0.717) is 12.3 Å². The molecule has 1 heteroatoms. The van der Waals surface area contributed by atoms with Gasteiger partial charge in [-0.15, -0.1) is 0 Å². The van der Waals surface area contributed by atoms with E-state index in [1.807, 2.05) is 12.1 Å². The zero-order valence-electron chi connectivity index (χ0n) is 12.9. The minimum Gasteiger partial charge on any atom is -0.294 e. The summed E-state index contributed by atoms with van der Waals surface area (Å²) in [6, 6.07) is 14.6. The second-order valence-corrected chi connectivity index (χ2v) is 6.35. The van der Waals surface area contributed by atoms with Gasteiger partial charge in [-0.2, -0.15) is 0 Å². The average Bonchev–Trinajstić information content (AvgIpc) is 2.35. The Morgan fingerprint density at radius 3 is 2.38 bits per heavy atom. The Morgan fingerprint density at radius 1 is 1.05 bits per heavy atom. The summed E-state index contributed by atoms with van der Waals surface area (Å²) in [4.78, 5) is 12.5. The van der Waals surface area contributed by atoms with Gasteiger partial charge in [-0.3, -0.25) is 4.79 Å². The second kappa shape index (κ2) is 5.85. The molecule has 108 valence electrons. The highest BCUT2D eigenvalue weighted by atomic mass is 16.1. The van der Waals surface area contributed by atoms with Gasteiger partial charge in [-0.25, -0.2) is 0 Å². The number of carbonyl (C=O) groups is 1. The van der Waals surface area contributed by atoms with Gasteiger partial charge in [0, 0.05) is 12.0 Å². The van der Waals surface area contributed by atoms with Crippen molar-refractivity contribution < 1.29 is 4.79 Å². The van der Waals surface area contributed by atoms with E-state index in [1.165, 1.54) is 36.0 Å². The smallest absolute Gasteiger partial charge is 0.167 e. The molecule has 2 aromatic carbocycles. The first kappa shape index (κ1) is 14.1. The highest BCUT2D eigenvalue weighted by Gasteiger charge is 2.20. The van der Waals surface area contributed by atoms with E-state index >= 15 is 0 Å². The van der Waals surface area contributed by atoms with Gasteiger partial charge in [0.1, 0.15) is 0 Å². The number of Topliss-reactive ketones (excluding diaryl/α,β-unsaturated/α-hetero) is 1. The SMILES string of the molecule is Cc1cc(C)cc(CC(=O)c2cccc(C3CCC3)c2)c1. The van der Waals surface area contributed by atoms with Crippen molar-refractivity contribution in [3.63, 3.8) is 0 Å². The van der Waals surface area contributed by atoms with Crippen molar-refractivity contribution in [2.24, 2.45) is 0 Å². The summed E-state index contributed by atoms with van der Waals surface area (Å²) in [5, 5.41) is 0. The number of carbonyl (C=O) groups excluding carboxylic acids is 1. The first-order chi connectivity index (χ1) is 10.1. The molecule has 3 rings (SSSR count). The van der Waals surface area contributed by atoms with Crippen LogP contribution >= 0.6 is 0 Å². The molecule has 0 amide bonds. The van der Waals surface area contributed by atoms with E-state index in [1.54, 1.807) is 0 Å². The van der Waals surface area contributed by atoms with Crippen molar-refractivity contribution in [2.75, 3.05) is 0 Å². The third-order valence-electron chi connectivity index (χ3n) is 4.43. The first-order valence-corrected chi connectivity index (χ1v) is 7.82. The van der Waals surface area contributed by atoms with Crippen molar-refractivity contribution >= 4 is 5.78 Å². The molecular weight excluding hydrogens is 256 g/mol. The fourth-order valence-corrected chi connectivity index (χ4v) is 3.17. The fraction of sp³-hybridized carbons (Fsp3) is 0.350. The van der Waals surface area contributed by atoms with Crippen molar-refractivity contribution in [2.45, 2.75) is 45.4 Å². The van der Waals surface area contributed by atoms with Gasteiger partial charge in [-0.1, -0.05) is 53.9 Å². The van der Waals surface area contributed by atoms with Gasteiger partial charge < -0.3 is 0 Å². The Hall–Kier alpha value is -1.89. The molecule has 0 bridgehead atoms. The number of hydrogen-bond acceptors (Lipinski definition) is 1. The highest BCUT2D eigenvalue weighted by molar-refractivity contribution is 5.97. The maximum absolute atomic E-state index is 12.5. The van der Waals surface area contributed by atoms with Gasteiger partial charge in [0.25, 0.3) is 0 Å². The predicted molar refractivity (Wildman–Crippen MR) is 87.0 cm³/mol. The number of aryl methyl sites for hydroxylation is 2. The van der Waals surface area contributed by atoms with E-state index in [2.05, 4.69) is 44.2 Å². The Morgan fingerprint density at radius 2 is 1.76 bits per heavy atom. The molecule has 0 aromatic heterocycles. The Balaban J connectivity index is 1.78. The third kappa shape index (κ3) is 3.24. The molecule has 0 spiro atoms. The van der Waals surface area contributed by atoms with Gasteiger partial charge in [0.2, 0.25) is 0 Å². The first-order valence-electron chi connectivity index (χ1n) is 7.82. The summed E-state index contributed by atoms with van der Waals surface area (Å²) < 4.78 is 0. The van der Waals surface area contributed by atoms with Crippen LogP contribution in [-0.4, -0.2) is 5.78 Å². The Kier molecular flexibility index (Phi) is 3.92. The summed E-state index contributed by atoms with van der Waals surface area (Å²) in [6.07, 6.45) is 4.37. The molecule has 0 unspecified atom stereocenters. The lowest BCUT2D eigenvalue weighted by molar-refractivity contribution is 0.0993. The maximum atomic E-state index is 12.5. The lowest BCUT2D eigenvalue weighted by Gasteiger charge is -2.26. The van der Waals surface area contributed by atoms with Gasteiger partial charge in [-0.05, 0) is 49.8 Å². The molecule has 1 saturated carbocycles. The van der Waals surface area contributed by atoms with Crippen LogP contribution in [0, 0.1) is 13.8 Å². The third-order valence-corrected chi connectivity index (χ3v) is 4.43. The highest BCUT2D eigenvalue weighted by Crippen LogP contribution is 2.36. The van der Waals surface area contributed by atoms with Crippen molar-refractivity contribution in [3.05, 3.63) is 70.3 Å². The van der Waals surface area contributed by atoms with E-state index in [4.69, 9.17) is 0 Å². The molecule has 0 aliphatic heterocycles. The van der Waals surface area contributed by atoms with Crippen molar-refractivity contribution in [3.8, 4) is 0 Å². The zero-order valence-corrected chi connectivity index (χ0v) is 12.9. The number of benzene rings is 2. The second-order valence-electron chi connectivity index (χ2n) is 6.35. The zero-order chi connectivity index (χ0) is 14.8. The van der Waals surface area contributed by atoms with Crippen LogP contribution in [-0.2, 0) is 6.42 Å². The molecule has 0 saturated heterocycles. The van der Waals surface area contributed by atoms with Crippen molar-refractivity contribution in [1.29, 1.82) is 0 Å². The quantitative estimate of drug-likeness (QED) is 0.719. The van der Waals surface area contributed by atoms with Crippen LogP contribution in [0.15, 0.2) is 42.5 Å². The minimum atomic E-state index is 0.223. The lowest BCUT2D eigenvalue weighted by Crippen LogP contribution is -2.10. The summed E-state index contributed by atoms with van der Waals surface area (Å²) >= 11 is 0. The van der Waals surface area contributed by atoms with Gasteiger partial charge in [0.05, 0.1) is 0 Å². The molecule has 1 aliphatic carbocycles. The van der Waals surface area contributed by atoms with Crippen LogP contribution < -0.4 is 0 Å². The van der Waals surface area contributed by atoms with Crippen LogP contribution in [0.3, 0.4) is 0 Å². The minimum absolute atomic E-state index is 0.223. The van der Waals surface area contributed by atoms with E-state index in [9.17, 15) is 4.79 Å². The molecule has 0 heterocycles. The standard InChI is InChI=1S/C20H22O/c1-14-9-15(2)11-16(10-14)12-20(21)19-8-4-7-18(13-19)17-5-3-6-17/h4,7-11,13,17H,3,5-6,12H2,1-2H3. The summed E-state index contributed by atoms with van der Waals surface area (Å²) in [5.74, 6) is 0.903. The number of hydrogen-bond donors (Lipinski definition) is 0. The maximum Gasteiger partial charge on any atom is 0.167 e. The number of ketones is 1. The molecule has 0 atom stereocenters. The van der Waals surface area contributed by atoms with Gasteiger partial charge in [0.15, 0.2) is 5.78 Å². The molecule has 0 N–H and O–H groups in total. The summed E-state index contributed by atoms with van der Waals surface area (Å²) in [6.45, 7) is 4.16. The molecule has 1 fully saturated rings. The molecule has 2 aromatic rings. The molecule has 0 radical (unpaired) electrons. The predicted octanol–water partition coefficient (Wildman–Crippen LogP) is 5.00. The van der Waals surface area contributed by atoms with Crippen LogP contribution in [0.4, 0.5) is 0 Å². The van der Waals surface area contributed by atoms with Gasteiger partial charge >= 0.3 is 0 Å². The molecular formula is C20H22O. The molecule has 1 aliphatic rings. The van der Waals surface area contributed by atoms with E-state index in [-0.39, 0.29) is 5.78 Å². The lowest BCUT2D eigenvalue weighted by atomic mass is 9.79. The van der Waals surface area contributed by atoms with Crippen LogP contribution in [0.25, 0.3) is 0 Å². The average molecular weight is 278 g/mol. The largest absolute Gasteiger partial charge is 0.294 e. The van der Waals surface area contributed by atoms with Crippen molar-refractivity contribution in [1.82, 2.24) is 0 Å². The fourth-order valence-electron chi connectivity index (χ4n) is 3.17. The summed E-state index contributed by atoms with van der Waals surface area (Å²) in [7, 11) is 0. The molecule has 1 nitrogen and oxygen atoms in total.